The number of methoxy groups -OCH3 is 2. The van der Waals surface area contributed by atoms with E-state index in [0.717, 1.165) is 0 Å². The molecule has 6 nitrogen and oxygen atoms in total. The first-order valence-electron chi connectivity index (χ1n) is 5.42. The standard InChI is InChI=1S/C13H11N3O3/c1-18-11-4-3-8(5-12(11)19-2)10-6-9(7-14)15-13(17)16-10/h3-6H,1-2H3,(H,15,16,17). The second-order valence-electron chi connectivity index (χ2n) is 3.67. The first kappa shape index (κ1) is 12.6. The highest BCUT2D eigenvalue weighted by Crippen LogP contribution is 2.31. The van der Waals surface area contributed by atoms with Crippen molar-refractivity contribution in [1.29, 1.82) is 5.26 Å². The summed E-state index contributed by atoms with van der Waals surface area (Å²) in [7, 11) is 3.07. The van der Waals surface area contributed by atoms with Crippen LogP contribution in [0.25, 0.3) is 11.3 Å². The summed E-state index contributed by atoms with van der Waals surface area (Å²) in [6.45, 7) is 0. The van der Waals surface area contributed by atoms with E-state index in [1.807, 2.05) is 6.07 Å². The van der Waals surface area contributed by atoms with Gasteiger partial charge in [0, 0.05) is 5.56 Å². The fourth-order valence-electron chi connectivity index (χ4n) is 1.67. The highest BCUT2D eigenvalue weighted by atomic mass is 16.5. The van der Waals surface area contributed by atoms with Gasteiger partial charge in [-0.1, -0.05) is 0 Å². The van der Waals surface area contributed by atoms with E-state index in [2.05, 4.69) is 9.97 Å². The number of benzene rings is 1. The Kier molecular flexibility index (Phi) is 3.48. The highest BCUT2D eigenvalue weighted by Gasteiger charge is 2.08. The van der Waals surface area contributed by atoms with E-state index < -0.39 is 5.69 Å². The molecule has 2 aromatic rings. The number of rotatable bonds is 3. The normalized spacial score (nSPS) is 9.74. The zero-order valence-electron chi connectivity index (χ0n) is 10.4. The van der Waals surface area contributed by atoms with Gasteiger partial charge >= 0.3 is 5.69 Å². The van der Waals surface area contributed by atoms with Crippen LogP contribution >= 0.6 is 0 Å². The number of nitrogens with zero attached hydrogens (tertiary/aromatic N) is 2. The Balaban J connectivity index is 2.56. The zero-order valence-corrected chi connectivity index (χ0v) is 10.4. The van der Waals surface area contributed by atoms with Gasteiger partial charge in [-0.15, -0.1) is 0 Å². The fraction of sp³-hybridized carbons (Fsp3) is 0.154. The lowest BCUT2D eigenvalue weighted by atomic mass is 10.1. The molecule has 0 aliphatic heterocycles. The molecule has 0 aliphatic rings. The predicted octanol–water partition coefficient (Wildman–Crippen LogP) is 1.33. The lowest BCUT2D eigenvalue weighted by Gasteiger charge is -2.09. The smallest absolute Gasteiger partial charge is 0.346 e. The van der Waals surface area contributed by atoms with Crippen molar-refractivity contribution >= 4 is 0 Å². The molecule has 6 heteroatoms. The van der Waals surface area contributed by atoms with Crippen molar-refractivity contribution in [3.05, 3.63) is 40.4 Å². The Hall–Kier alpha value is -2.81. The van der Waals surface area contributed by atoms with Crippen LogP contribution in [0.4, 0.5) is 0 Å². The third-order valence-corrected chi connectivity index (χ3v) is 2.55. The third kappa shape index (κ3) is 2.55. The minimum atomic E-state index is -0.566. The van der Waals surface area contributed by atoms with Crippen molar-refractivity contribution in [2.75, 3.05) is 14.2 Å². The summed E-state index contributed by atoms with van der Waals surface area (Å²) in [4.78, 5) is 17.4. The van der Waals surface area contributed by atoms with Crippen molar-refractivity contribution < 1.29 is 9.47 Å². The van der Waals surface area contributed by atoms with Gasteiger partial charge < -0.3 is 14.5 Å². The second-order valence-corrected chi connectivity index (χ2v) is 3.67. The number of H-pyrrole nitrogens is 1. The Morgan fingerprint density at radius 3 is 2.58 bits per heavy atom. The van der Waals surface area contributed by atoms with Gasteiger partial charge in [0.05, 0.1) is 19.9 Å². The van der Waals surface area contributed by atoms with Crippen LogP contribution in [0.2, 0.25) is 0 Å². The maximum atomic E-state index is 11.3. The van der Waals surface area contributed by atoms with Gasteiger partial charge in [0.15, 0.2) is 11.5 Å². The van der Waals surface area contributed by atoms with E-state index in [-0.39, 0.29) is 5.69 Å². The average molecular weight is 257 g/mol. The Morgan fingerprint density at radius 2 is 1.95 bits per heavy atom. The molecule has 0 fully saturated rings. The van der Waals surface area contributed by atoms with Gasteiger partial charge in [-0.25, -0.2) is 4.79 Å². The Bertz CT molecular complexity index is 701. The zero-order chi connectivity index (χ0) is 13.8. The minimum Gasteiger partial charge on any atom is -0.493 e. The number of hydrogen-bond acceptors (Lipinski definition) is 5. The summed E-state index contributed by atoms with van der Waals surface area (Å²) in [6, 6.07) is 8.54. The van der Waals surface area contributed by atoms with Crippen LogP contribution in [-0.2, 0) is 0 Å². The van der Waals surface area contributed by atoms with E-state index in [1.54, 1.807) is 25.3 Å². The molecule has 0 unspecified atom stereocenters. The van der Waals surface area contributed by atoms with Crippen LogP contribution in [0.3, 0.4) is 0 Å². The van der Waals surface area contributed by atoms with E-state index in [0.29, 0.717) is 22.8 Å². The van der Waals surface area contributed by atoms with Gasteiger partial charge in [0.25, 0.3) is 0 Å². The molecule has 0 saturated carbocycles. The second kappa shape index (κ2) is 5.23. The van der Waals surface area contributed by atoms with Crippen LogP contribution in [0.15, 0.2) is 29.1 Å². The van der Waals surface area contributed by atoms with E-state index in [4.69, 9.17) is 14.7 Å². The molecule has 1 heterocycles. The number of aromatic nitrogens is 2. The minimum absolute atomic E-state index is 0.0635. The van der Waals surface area contributed by atoms with Crippen molar-refractivity contribution in [2.45, 2.75) is 0 Å². The molecule has 0 bridgehead atoms. The molecule has 1 N–H and O–H groups in total. The van der Waals surface area contributed by atoms with E-state index >= 15 is 0 Å². The van der Waals surface area contributed by atoms with Crippen LogP contribution in [0.5, 0.6) is 11.5 Å². The lowest BCUT2D eigenvalue weighted by molar-refractivity contribution is 0.355. The number of ether oxygens (including phenoxy) is 2. The van der Waals surface area contributed by atoms with Gasteiger partial charge in [0.2, 0.25) is 0 Å². The predicted molar refractivity (Wildman–Crippen MR) is 68.1 cm³/mol. The Labute approximate surface area is 109 Å². The average Bonchev–Trinajstić information content (AvgIpc) is 2.45. The lowest BCUT2D eigenvalue weighted by Crippen LogP contribution is -2.12. The summed E-state index contributed by atoms with van der Waals surface area (Å²) in [5.74, 6) is 1.12. The van der Waals surface area contributed by atoms with Crippen LogP contribution in [0.1, 0.15) is 5.69 Å². The van der Waals surface area contributed by atoms with Gasteiger partial charge in [0.1, 0.15) is 11.8 Å². The molecule has 19 heavy (non-hydrogen) atoms. The monoisotopic (exact) mass is 257 g/mol. The summed E-state index contributed by atoms with van der Waals surface area (Å²) >= 11 is 0. The van der Waals surface area contributed by atoms with Crippen molar-refractivity contribution in [3.8, 4) is 28.8 Å². The van der Waals surface area contributed by atoms with Crippen molar-refractivity contribution in [3.63, 3.8) is 0 Å². The molecule has 0 atom stereocenters. The molecule has 0 amide bonds. The summed E-state index contributed by atoms with van der Waals surface area (Å²) < 4.78 is 10.3. The molecule has 2 rings (SSSR count). The topological polar surface area (TPSA) is 88.0 Å². The molecule has 96 valence electrons. The molecule has 1 aromatic carbocycles. The van der Waals surface area contributed by atoms with Gasteiger partial charge in [-0.05, 0) is 24.3 Å². The number of hydrogen-bond donors (Lipinski definition) is 1. The maximum Gasteiger partial charge on any atom is 0.346 e. The summed E-state index contributed by atoms with van der Waals surface area (Å²) in [6.07, 6.45) is 0. The fourth-order valence-corrected chi connectivity index (χ4v) is 1.67. The van der Waals surface area contributed by atoms with Crippen LogP contribution < -0.4 is 15.2 Å². The number of aromatic amines is 1. The van der Waals surface area contributed by atoms with Crippen LogP contribution in [0, 0.1) is 11.3 Å². The van der Waals surface area contributed by atoms with Crippen LogP contribution in [-0.4, -0.2) is 24.2 Å². The van der Waals surface area contributed by atoms with Crippen molar-refractivity contribution in [1.82, 2.24) is 9.97 Å². The summed E-state index contributed by atoms with van der Waals surface area (Å²) in [5.41, 5.74) is 0.698. The SMILES string of the molecule is COc1ccc(-c2cc(C#N)nc(=O)[nH]2)cc1OC. The quantitative estimate of drug-likeness (QED) is 0.896. The molecule has 1 aromatic heterocycles. The third-order valence-electron chi connectivity index (χ3n) is 2.55. The maximum absolute atomic E-state index is 11.3. The molecule has 0 spiro atoms. The molecular formula is C13H11N3O3. The highest BCUT2D eigenvalue weighted by molar-refractivity contribution is 5.64. The molecule has 0 radical (unpaired) electrons. The first-order chi connectivity index (χ1) is 9.17. The Morgan fingerprint density at radius 1 is 1.21 bits per heavy atom. The molecule has 0 saturated heterocycles. The largest absolute Gasteiger partial charge is 0.493 e. The van der Waals surface area contributed by atoms with E-state index in [9.17, 15) is 4.79 Å². The number of nitrogens with one attached hydrogen (secondary N) is 1. The van der Waals surface area contributed by atoms with E-state index in [1.165, 1.54) is 13.2 Å². The molecular weight excluding hydrogens is 246 g/mol. The summed E-state index contributed by atoms with van der Waals surface area (Å²) in [5, 5.41) is 8.81. The van der Waals surface area contributed by atoms with Gasteiger partial charge in [-0.3, -0.25) is 0 Å². The number of nitriles is 1. The molecule has 0 aliphatic carbocycles. The van der Waals surface area contributed by atoms with Gasteiger partial charge in [-0.2, -0.15) is 10.2 Å². The first-order valence-corrected chi connectivity index (χ1v) is 5.42. The van der Waals surface area contributed by atoms with Crippen molar-refractivity contribution in [2.24, 2.45) is 0 Å².